The van der Waals surface area contributed by atoms with E-state index in [-0.39, 0.29) is 6.10 Å². The van der Waals surface area contributed by atoms with E-state index in [2.05, 4.69) is 19.2 Å². The molecule has 3 atom stereocenters. The average molecular weight is 239 g/mol. The summed E-state index contributed by atoms with van der Waals surface area (Å²) in [5, 5.41) is 13.7. The normalized spacial score (nSPS) is 37.9. The first-order chi connectivity index (χ1) is 8.07. The Labute approximate surface area is 106 Å². The van der Waals surface area contributed by atoms with Crippen molar-refractivity contribution >= 4 is 0 Å². The van der Waals surface area contributed by atoms with E-state index in [9.17, 15) is 5.11 Å². The van der Waals surface area contributed by atoms with Gasteiger partial charge in [0.05, 0.1) is 6.10 Å². The summed E-state index contributed by atoms with van der Waals surface area (Å²) in [6, 6.07) is 0.688. The lowest BCUT2D eigenvalue weighted by Gasteiger charge is -2.37. The van der Waals surface area contributed by atoms with Crippen LogP contribution in [0, 0.1) is 11.3 Å². The Morgan fingerprint density at radius 1 is 1.12 bits per heavy atom. The van der Waals surface area contributed by atoms with E-state index < -0.39 is 0 Å². The van der Waals surface area contributed by atoms with Gasteiger partial charge in [-0.15, -0.1) is 0 Å². The first-order valence-corrected chi connectivity index (χ1v) is 7.48. The first-order valence-electron chi connectivity index (χ1n) is 7.48. The van der Waals surface area contributed by atoms with Gasteiger partial charge in [0.2, 0.25) is 0 Å². The van der Waals surface area contributed by atoms with Gasteiger partial charge in [0.25, 0.3) is 0 Å². The van der Waals surface area contributed by atoms with Crippen molar-refractivity contribution in [2.75, 3.05) is 6.54 Å². The highest BCUT2D eigenvalue weighted by Gasteiger charge is 2.29. The number of aliphatic hydroxyl groups excluding tert-OH is 1. The quantitative estimate of drug-likeness (QED) is 0.793. The van der Waals surface area contributed by atoms with Gasteiger partial charge in [-0.3, -0.25) is 0 Å². The fourth-order valence-electron chi connectivity index (χ4n) is 3.62. The first kappa shape index (κ1) is 13.4. The molecular formula is C15H29NO. The number of hydrogen-bond acceptors (Lipinski definition) is 2. The molecule has 2 fully saturated rings. The lowest BCUT2D eigenvalue weighted by atomic mass is 9.75. The summed E-state index contributed by atoms with van der Waals surface area (Å²) < 4.78 is 0. The number of aliphatic hydroxyl groups is 1. The van der Waals surface area contributed by atoms with Crippen molar-refractivity contribution in [3.63, 3.8) is 0 Å². The molecule has 3 unspecified atom stereocenters. The van der Waals surface area contributed by atoms with Crippen molar-refractivity contribution in [3.8, 4) is 0 Å². The minimum absolute atomic E-state index is 0.0483. The molecule has 0 bridgehead atoms. The maximum Gasteiger partial charge on any atom is 0.0580 e. The van der Waals surface area contributed by atoms with Gasteiger partial charge in [-0.25, -0.2) is 0 Å². The fraction of sp³-hybridized carbons (Fsp3) is 1.00. The predicted octanol–water partition coefficient (Wildman–Crippen LogP) is 3.10. The van der Waals surface area contributed by atoms with Crippen LogP contribution in [0.5, 0.6) is 0 Å². The molecule has 0 aromatic heterocycles. The Bertz CT molecular complexity index is 239. The summed E-state index contributed by atoms with van der Waals surface area (Å²) in [6.45, 7) is 5.80. The maximum atomic E-state index is 9.96. The van der Waals surface area contributed by atoms with Crippen molar-refractivity contribution in [2.45, 2.75) is 77.4 Å². The van der Waals surface area contributed by atoms with Gasteiger partial charge in [0.1, 0.15) is 0 Å². The fourth-order valence-corrected chi connectivity index (χ4v) is 3.62. The Kier molecular flexibility index (Phi) is 4.48. The topological polar surface area (TPSA) is 32.3 Å². The Balaban J connectivity index is 1.73. The highest BCUT2D eigenvalue weighted by molar-refractivity contribution is 4.85. The van der Waals surface area contributed by atoms with E-state index in [1.54, 1.807) is 0 Å². The second-order valence-electron chi connectivity index (χ2n) is 6.98. The molecule has 0 aromatic rings. The van der Waals surface area contributed by atoms with E-state index in [1.165, 1.54) is 44.9 Å². The van der Waals surface area contributed by atoms with Gasteiger partial charge in [-0.2, -0.15) is 0 Å². The molecule has 0 aromatic carbocycles. The molecule has 2 saturated carbocycles. The maximum absolute atomic E-state index is 9.96. The van der Waals surface area contributed by atoms with Crippen molar-refractivity contribution in [1.82, 2.24) is 5.32 Å². The van der Waals surface area contributed by atoms with Crippen molar-refractivity contribution in [1.29, 1.82) is 0 Å². The van der Waals surface area contributed by atoms with Crippen LogP contribution in [0.4, 0.5) is 0 Å². The molecule has 2 rings (SSSR count). The van der Waals surface area contributed by atoms with Gasteiger partial charge in [-0.1, -0.05) is 33.1 Å². The largest absolute Gasteiger partial charge is 0.393 e. The van der Waals surface area contributed by atoms with Crippen molar-refractivity contribution in [2.24, 2.45) is 11.3 Å². The molecule has 0 aliphatic heterocycles. The number of hydrogen-bond donors (Lipinski definition) is 2. The van der Waals surface area contributed by atoms with Crippen LogP contribution in [0.15, 0.2) is 0 Å². The highest BCUT2D eigenvalue weighted by Crippen LogP contribution is 2.35. The molecule has 2 heteroatoms. The molecular weight excluding hydrogens is 210 g/mol. The predicted molar refractivity (Wildman–Crippen MR) is 72.0 cm³/mol. The second kappa shape index (κ2) is 5.71. The molecule has 0 heterocycles. The smallest absolute Gasteiger partial charge is 0.0580 e. The molecule has 17 heavy (non-hydrogen) atoms. The zero-order chi connectivity index (χ0) is 12.3. The van der Waals surface area contributed by atoms with E-state index in [0.717, 1.165) is 13.0 Å². The van der Waals surface area contributed by atoms with E-state index in [1.807, 2.05) is 0 Å². The summed E-state index contributed by atoms with van der Waals surface area (Å²) in [4.78, 5) is 0. The molecule has 2 nitrogen and oxygen atoms in total. The van der Waals surface area contributed by atoms with Gasteiger partial charge >= 0.3 is 0 Å². The number of rotatable bonds is 3. The standard InChI is InChI=1S/C15H29NO/c1-15(2)9-5-7-13(10-15)16-11-12-6-3-4-8-14(12)17/h12-14,16-17H,3-11H2,1-2H3. The zero-order valence-electron chi connectivity index (χ0n) is 11.5. The third-order valence-corrected chi connectivity index (χ3v) is 4.74. The van der Waals surface area contributed by atoms with Gasteiger partial charge in [-0.05, 0) is 43.4 Å². The minimum atomic E-state index is -0.0483. The summed E-state index contributed by atoms with van der Waals surface area (Å²) in [5.41, 5.74) is 0.515. The van der Waals surface area contributed by atoms with Crippen LogP contribution in [-0.2, 0) is 0 Å². The minimum Gasteiger partial charge on any atom is -0.393 e. The van der Waals surface area contributed by atoms with Crippen LogP contribution in [-0.4, -0.2) is 23.8 Å². The van der Waals surface area contributed by atoms with Crippen LogP contribution in [0.25, 0.3) is 0 Å². The molecule has 2 aliphatic rings. The van der Waals surface area contributed by atoms with Crippen LogP contribution >= 0.6 is 0 Å². The molecule has 100 valence electrons. The van der Waals surface area contributed by atoms with Crippen LogP contribution < -0.4 is 5.32 Å². The molecule has 0 radical (unpaired) electrons. The molecule has 2 N–H and O–H groups in total. The van der Waals surface area contributed by atoms with Crippen LogP contribution in [0.3, 0.4) is 0 Å². The van der Waals surface area contributed by atoms with E-state index in [0.29, 0.717) is 17.4 Å². The van der Waals surface area contributed by atoms with Gasteiger partial charge in [0.15, 0.2) is 0 Å². The second-order valence-corrected chi connectivity index (χ2v) is 6.98. The zero-order valence-corrected chi connectivity index (χ0v) is 11.5. The summed E-state index contributed by atoms with van der Waals surface area (Å²) in [5.74, 6) is 0.508. The molecule has 0 spiro atoms. The van der Waals surface area contributed by atoms with Gasteiger partial charge < -0.3 is 10.4 Å². The monoisotopic (exact) mass is 239 g/mol. The highest BCUT2D eigenvalue weighted by atomic mass is 16.3. The summed E-state index contributed by atoms with van der Waals surface area (Å²) in [6.07, 6.45) is 10.1. The molecule has 0 amide bonds. The lowest BCUT2D eigenvalue weighted by molar-refractivity contribution is 0.0652. The van der Waals surface area contributed by atoms with Gasteiger partial charge in [0, 0.05) is 12.6 Å². The van der Waals surface area contributed by atoms with Crippen molar-refractivity contribution in [3.05, 3.63) is 0 Å². The van der Waals surface area contributed by atoms with Crippen LogP contribution in [0.2, 0.25) is 0 Å². The Hall–Kier alpha value is -0.0800. The molecule has 0 saturated heterocycles. The lowest BCUT2D eigenvalue weighted by Crippen LogP contribution is -2.42. The Morgan fingerprint density at radius 3 is 2.59 bits per heavy atom. The summed E-state index contributed by atoms with van der Waals surface area (Å²) >= 11 is 0. The third kappa shape index (κ3) is 3.96. The SMILES string of the molecule is CC1(C)CCCC(NCC2CCCCC2O)C1. The average Bonchev–Trinajstić information content (AvgIpc) is 2.27. The molecule has 2 aliphatic carbocycles. The van der Waals surface area contributed by atoms with E-state index >= 15 is 0 Å². The third-order valence-electron chi connectivity index (χ3n) is 4.74. The summed E-state index contributed by atoms with van der Waals surface area (Å²) in [7, 11) is 0. The van der Waals surface area contributed by atoms with Crippen molar-refractivity contribution < 1.29 is 5.11 Å². The van der Waals surface area contributed by atoms with E-state index in [4.69, 9.17) is 0 Å². The van der Waals surface area contributed by atoms with Crippen LogP contribution in [0.1, 0.15) is 65.2 Å². The Morgan fingerprint density at radius 2 is 1.88 bits per heavy atom. The number of nitrogens with one attached hydrogen (secondary N) is 1.